The van der Waals surface area contributed by atoms with Gasteiger partial charge in [-0.25, -0.2) is 4.98 Å². The van der Waals surface area contributed by atoms with Gasteiger partial charge in [-0.3, -0.25) is 4.57 Å². The average Bonchev–Trinajstić information content (AvgIpc) is 2.88. The molecule has 0 saturated carbocycles. The third-order valence-corrected chi connectivity index (χ3v) is 4.38. The monoisotopic (exact) mass is 300 g/mol. The van der Waals surface area contributed by atoms with E-state index < -0.39 is 18.4 Å². The lowest BCUT2D eigenvalue weighted by Gasteiger charge is -2.13. The number of nitrogen functional groups attached to an aromatic ring is 1. The van der Waals surface area contributed by atoms with Crippen molar-refractivity contribution in [1.82, 2.24) is 14.5 Å². The smallest absolute Gasteiger partial charge is 0.222 e. The first kappa shape index (κ1) is 12.9. The van der Waals surface area contributed by atoms with Gasteiger partial charge < -0.3 is 20.7 Å². The van der Waals surface area contributed by atoms with E-state index in [0.717, 1.165) is 4.70 Å². The largest absolute Gasteiger partial charge is 0.394 e. The van der Waals surface area contributed by atoms with Crippen LogP contribution in [-0.2, 0) is 4.74 Å². The van der Waals surface area contributed by atoms with E-state index in [1.165, 1.54) is 11.3 Å². The summed E-state index contributed by atoms with van der Waals surface area (Å²) in [4.78, 5) is 8.09. The van der Waals surface area contributed by atoms with Crippen molar-refractivity contribution < 1.29 is 14.9 Å². The lowest BCUT2D eigenvalue weighted by molar-refractivity contribution is -0.0432. The Kier molecular flexibility index (Phi) is 3.23. The molecule has 0 radical (unpaired) electrons. The summed E-state index contributed by atoms with van der Waals surface area (Å²) in [5, 5.41) is 18.9. The number of hydrogen-bond donors (Lipinski definition) is 3. The highest BCUT2D eigenvalue weighted by Crippen LogP contribution is 2.33. The van der Waals surface area contributed by atoms with Crippen molar-refractivity contribution >= 4 is 39.9 Å². The molecule has 0 amide bonds. The lowest BCUT2D eigenvalue weighted by Crippen LogP contribution is -2.24. The molecule has 1 fully saturated rings. The number of aliphatic hydroxyl groups excluding tert-OH is 2. The highest BCUT2D eigenvalue weighted by Gasteiger charge is 2.35. The number of aromatic nitrogens is 3. The van der Waals surface area contributed by atoms with Gasteiger partial charge in [-0.05, 0) is 12.2 Å². The first-order valence-electron chi connectivity index (χ1n) is 5.68. The molecule has 19 heavy (non-hydrogen) atoms. The van der Waals surface area contributed by atoms with Crippen LogP contribution < -0.4 is 5.73 Å². The summed E-state index contributed by atoms with van der Waals surface area (Å²) in [6.45, 7) is -0.232. The van der Waals surface area contributed by atoms with E-state index >= 15 is 0 Å². The molecule has 0 bridgehead atoms. The van der Waals surface area contributed by atoms with Gasteiger partial charge in [0.15, 0.2) is 9.60 Å². The van der Waals surface area contributed by atoms with Crippen LogP contribution in [0.1, 0.15) is 12.6 Å². The summed E-state index contributed by atoms with van der Waals surface area (Å²) in [5.41, 5.74) is 6.18. The van der Waals surface area contributed by atoms with Crippen LogP contribution in [-0.4, -0.2) is 43.6 Å². The fourth-order valence-corrected chi connectivity index (χ4v) is 3.45. The van der Waals surface area contributed by atoms with E-state index in [1.807, 2.05) is 0 Å². The third kappa shape index (κ3) is 2.13. The molecule has 0 aliphatic carbocycles. The Morgan fingerprint density at radius 1 is 1.63 bits per heavy atom. The number of aliphatic hydroxyl groups is 2. The number of fused-ring (bicyclic) bond motifs is 1. The second kappa shape index (κ2) is 4.76. The molecule has 3 atom stereocenters. The molecular formula is C10H12N4O3S2. The number of nitrogens with two attached hydrogens (primary N) is 1. The van der Waals surface area contributed by atoms with Gasteiger partial charge >= 0.3 is 0 Å². The molecule has 7 nitrogen and oxygen atoms in total. The molecule has 4 N–H and O–H groups in total. The molecule has 1 aliphatic rings. The number of nitrogens with zero attached hydrogens (tertiary/aromatic N) is 3. The highest BCUT2D eigenvalue weighted by molar-refractivity contribution is 7.73. The SMILES string of the molecule is Nc1ncc2sc(=S)n([C@H]3C[C@H](O)[C@@H](CO)O3)c2n1. The van der Waals surface area contributed by atoms with Crippen molar-refractivity contribution in [3.8, 4) is 0 Å². The van der Waals surface area contributed by atoms with Gasteiger partial charge in [-0.1, -0.05) is 0 Å². The summed E-state index contributed by atoms with van der Waals surface area (Å²) in [6, 6.07) is 0. The molecule has 9 heteroatoms. The molecule has 3 rings (SSSR count). The molecule has 0 aromatic carbocycles. The fourth-order valence-electron chi connectivity index (χ4n) is 2.14. The number of anilines is 1. The van der Waals surface area contributed by atoms with Crippen LogP contribution in [0.5, 0.6) is 0 Å². The summed E-state index contributed by atoms with van der Waals surface area (Å²) in [6.07, 6.45) is 0.216. The molecule has 1 aliphatic heterocycles. The zero-order valence-electron chi connectivity index (χ0n) is 9.76. The maximum Gasteiger partial charge on any atom is 0.222 e. The zero-order valence-corrected chi connectivity index (χ0v) is 11.4. The molecule has 3 heterocycles. The summed E-state index contributed by atoms with van der Waals surface area (Å²) in [7, 11) is 0. The Labute approximate surface area is 117 Å². The van der Waals surface area contributed by atoms with Crippen LogP contribution in [0.4, 0.5) is 5.95 Å². The molecule has 1 saturated heterocycles. The summed E-state index contributed by atoms with van der Waals surface area (Å²) < 4.78 is 8.70. The Bertz CT molecular complexity index is 670. The van der Waals surface area contributed by atoms with Crippen molar-refractivity contribution in [3.05, 3.63) is 10.2 Å². The Morgan fingerprint density at radius 2 is 2.42 bits per heavy atom. The van der Waals surface area contributed by atoms with E-state index in [9.17, 15) is 5.11 Å². The van der Waals surface area contributed by atoms with Crippen LogP contribution in [0.15, 0.2) is 6.20 Å². The zero-order chi connectivity index (χ0) is 13.6. The minimum Gasteiger partial charge on any atom is -0.394 e. The van der Waals surface area contributed by atoms with Crippen LogP contribution in [0.3, 0.4) is 0 Å². The van der Waals surface area contributed by atoms with E-state index in [-0.39, 0.29) is 12.6 Å². The van der Waals surface area contributed by atoms with E-state index in [1.54, 1.807) is 10.8 Å². The van der Waals surface area contributed by atoms with Gasteiger partial charge in [-0.15, -0.1) is 11.3 Å². The van der Waals surface area contributed by atoms with Gasteiger partial charge in [0.2, 0.25) is 5.95 Å². The predicted molar refractivity (Wildman–Crippen MR) is 72.3 cm³/mol. The second-order valence-electron chi connectivity index (χ2n) is 4.27. The normalized spacial score (nSPS) is 27.2. The molecule has 2 aromatic heterocycles. The topological polar surface area (TPSA) is 106 Å². The van der Waals surface area contributed by atoms with E-state index in [4.69, 9.17) is 27.8 Å². The standard InChI is InChI=1S/C10H12N4O3S2/c11-9-12-2-6-8(13-9)14(10(18)19-6)7-1-4(16)5(3-15)17-7/h2,4-5,7,15-16H,1,3H2,(H2,11,12,13)/t4-,5+,7+/m0/s1. The third-order valence-electron chi connectivity index (χ3n) is 3.05. The highest BCUT2D eigenvalue weighted by atomic mass is 32.1. The molecule has 2 aromatic rings. The van der Waals surface area contributed by atoms with E-state index in [0.29, 0.717) is 16.0 Å². The first-order chi connectivity index (χ1) is 9.10. The number of thiazole rings is 1. The van der Waals surface area contributed by atoms with Gasteiger partial charge in [0.05, 0.1) is 23.6 Å². The maximum absolute atomic E-state index is 9.79. The van der Waals surface area contributed by atoms with Crippen molar-refractivity contribution in [3.63, 3.8) is 0 Å². The van der Waals surface area contributed by atoms with Crippen molar-refractivity contribution in [2.75, 3.05) is 12.3 Å². The van der Waals surface area contributed by atoms with Crippen LogP contribution in [0.25, 0.3) is 10.3 Å². The van der Waals surface area contributed by atoms with Gasteiger partial charge in [0.25, 0.3) is 0 Å². The number of rotatable bonds is 2. The Hall–Kier alpha value is -1.13. The summed E-state index contributed by atoms with van der Waals surface area (Å²) in [5.74, 6) is 0.159. The minimum absolute atomic E-state index is 0.159. The second-order valence-corrected chi connectivity index (χ2v) is 5.94. The quantitative estimate of drug-likeness (QED) is 0.691. The summed E-state index contributed by atoms with van der Waals surface area (Å²) >= 11 is 6.65. The van der Waals surface area contributed by atoms with Crippen molar-refractivity contribution in [2.45, 2.75) is 24.9 Å². The van der Waals surface area contributed by atoms with Gasteiger partial charge in [0, 0.05) is 6.42 Å². The predicted octanol–water partition coefficient (Wildman–Crippen LogP) is 0.445. The van der Waals surface area contributed by atoms with Crippen LogP contribution >= 0.6 is 23.6 Å². The lowest BCUT2D eigenvalue weighted by atomic mass is 10.2. The molecule has 0 unspecified atom stereocenters. The van der Waals surface area contributed by atoms with Crippen molar-refractivity contribution in [1.29, 1.82) is 0 Å². The minimum atomic E-state index is -0.717. The Morgan fingerprint density at radius 3 is 3.11 bits per heavy atom. The van der Waals surface area contributed by atoms with Gasteiger partial charge in [-0.2, -0.15) is 4.98 Å². The molecular weight excluding hydrogens is 288 g/mol. The van der Waals surface area contributed by atoms with Crippen LogP contribution in [0.2, 0.25) is 0 Å². The first-order valence-corrected chi connectivity index (χ1v) is 6.90. The Balaban J connectivity index is 2.08. The fraction of sp³-hybridized carbons (Fsp3) is 0.500. The number of ether oxygens (including phenoxy) is 1. The molecule has 0 spiro atoms. The number of hydrogen-bond acceptors (Lipinski definition) is 8. The maximum atomic E-state index is 9.79. The van der Waals surface area contributed by atoms with E-state index in [2.05, 4.69) is 9.97 Å². The van der Waals surface area contributed by atoms with Crippen molar-refractivity contribution in [2.24, 2.45) is 0 Å². The van der Waals surface area contributed by atoms with Gasteiger partial charge in [0.1, 0.15) is 12.3 Å². The average molecular weight is 300 g/mol. The van der Waals surface area contributed by atoms with Crippen LogP contribution in [0, 0.1) is 3.95 Å². The molecule has 102 valence electrons.